The van der Waals surface area contributed by atoms with Gasteiger partial charge in [0.15, 0.2) is 29.2 Å². The van der Waals surface area contributed by atoms with E-state index in [2.05, 4.69) is 0 Å². The second kappa shape index (κ2) is 5.86. The van der Waals surface area contributed by atoms with Crippen molar-refractivity contribution in [1.29, 1.82) is 0 Å². The fraction of sp³-hybridized carbons (Fsp3) is 0.278. The lowest BCUT2D eigenvalue weighted by atomic mass is 10.1. The first kappa shape index (κ1) is 15.6. The van der Waals surface area contributed by atoms with E-state index in [1.54, 1.807) is 20.3 Å². The molecule has 0 bridgehead atoms. The van der Waals surface area contributed by atoms with Crippen LogP contribution in [-0.2, 0) is 0 Å². The molecule has 0 aromatic heterocycles. The fourth-order valence-electron chi connectivity index (χ4n) is 3.12. The first-order chi connectivity index (χ1) is 12.1. The molecular formula is C18H18N2O5. The van der Waals surface area contributed by atoms with E-state index in [-0.39, 0.29) is 6.79 Å². The maximum absolute atomic E-state index is 10.7. The third kappa shape index (κ3) is 2.35. The smallest absolute Gasteiger partial charge is 0.231 e. The molecule has 0 spiro atoms. The lowest BCUT2D eigenvalue weighted by Crippen LogP contribution is -2.40. The standard InChI is InChI=1S/C18H18N2O5/c1-10-12-7-15(22-2)16(23-3)8-13(12)19-18(20(10)21)11-5-4-6-14-17(11)25-9-24-14/h4-8,18,21H,9H2,1-3H3. The van der Waals surface area contributed by atoms with Crippen molar-refractivity contribution < 1.29 is 24.2 Å². The van der Waals surface area contributed by atoms with Crippen LogP contribution in [0.3, 0.4) is 0 Å². The van der Waals surface area contributed by atoms with Gasteiger partial charge in [-0.25, -0.2) is 5.06 Å². The first-order valence-corrected chi connectivity index (χ1v) is 7.81. The number of nitrogens with zero attached hydrogens (tertiary/aromatic N) is 2. The predicted octanol–water partition coefficient (Wildman–Crippen LogP) is 1.58. The number of methoxy groups -OCH3 is 2. The molecule has 7 nitrogen and oxygen atoms in total. The summed E-state index contributed by atoms with van der Waals surface area (Å²) in [5, 5.41) is 13.3. The number of hydroxylamine groups is 2. The van der Waals surface area contributed by atoms with E-state index in [1.165, 1.54) is 0 Å². The summed E-state index contributed by atoms with van der Waals surface area (Å²) < 4.78 is 21.7. The lowest BCUT2D eigenvalue weighted by Gasteiger charge is -2.29. The summed E-state index contributed by atoms with van der Waals surface area (Å²) in [5.41, 5.74) is 1.39. The molecule has 1 unspecified atom stereocenters. The molecule has 0 saturated heterocycles. The lowest BCUT2D eigenvalue weighted by molar-refractivity contribution is -0.0712. The molecule has 2 aromatic carbocycles. The van der Waals surface area contributed by atoms with Crippen molar-refractivity contribution >= 4 is 5.70 Å². The van der Waals surface area contributed by atoms with Crippen LogP contribution in [0.25, 0.3) is 5.70 Å². The minimum absolute atomic E-state index is 0.162. The monoisotopic (exact) mass is 342 g/mol. The minimum atomic E-state index is -0.637. The molecule has 25 heavy (non-hydrogen) atoms. The predicted molar refractivity (Wildman–Crippen MR) is 88.3 cm³/mol. The van der Waals surface area contributed by atoms with Gasteiger partial charge in [-0.15, -0.1) is 0 Å². The third-order valence-electron chi connectivity index (χ3n) is 4.43. The van der Waals surface area contributed by atoms with Crippen LogP contribution in [0.2, 0.25) is 0 Å². The van der Waals surface area contributed by atoms with E-state index in [1.807, 2.05) is 31.2 Å². The van der Waals surface area contributed by atoms with Gasteiger partial charge in [0.25, 0.3) is 0 Å². The topological polar surface area (TPSA) is 72.8 Å². The van der Waals surface area contributed by atoms with Crippen LogP contribution < -0.4 is 29.5 Å². The maximum atomic E-state index is 10.7. The van der Waals surface area contributed by atoms with E-state index in [4.69, 9.17) is 23.9 Å². The third-order valence-corrected chi connectivity index (χ3v) is 4.43. The van der Waals surface area contributed by atoms with Gasteiger partial charge in [0.2, 0.25) is 6.79 Å². The van der Waals surface area contributed by atoms with Crippen LogP contribution in [0.5, 0.6) is 23.0 Å². The second-order valence-electron chi connectivity index (χ2n) is 5.74. The molecule has 0 saturated carbocycles. The highest BCUT2D eigenvalue weighted by atomic mass is 16.7. The number of para-hydroxylation sites is 1. The zero-order valence-corrected chi connectivity index (χ0v) is 14.1. The van der Waals surface area contributed by atoms with Crippen molar-refractivity contribution in [2.75, 3.05) is 21.0 Å². The molecule has 0 fully saturated rings. The van der Waals surface area contributed by atoms with Crippen molar-refractivity contribution in [3.8, 4) is 23.0 Å². The van der Waals surface area contributed by atoms with Crippen LogP contribution in [0, 0.1) is 0 Å². The Morgan fingerprint density at radius 1 is 1.16 bits per heavy atom. The van der Waals surface area contributed by atoms with Crippen molar-refractivity contribution in [2.45, 2.75) is 13.1 Å². The van der Waals surface area contributed by atoms with Gasteiger partial charge < -0.3 is 18.9 Å². The summed E-state index contributed by atoms with van der Waals surface area (Å²) in [5.74, 6) is 2.42. The average molecular weight is 342 g/mol. The van der Waals surface area contributed by atoms with Gasteiger partial charge in [0.05, 0.1) is 25.3 Å². The molecule has 1 atom stereocenters. The van der Waals surface area contributed by atoms with Gasteiger partial charge in [-0.05, 0) is 19.1 Å². The van der Waals surface area contributed by atoms with Gasteiger partial charge >= 0.3 is 0 Å². The zero-order valence-electron chi connectivity index (χ0n) is 14.1. The van der Waals surface area contributed by atoms with Gasteiger partial charge in [-0.3, -0.25) is 10.2 Å². The minimum Gasteiger partial charge on any atom is -0.493 e. The molecular weight excluding hydrogens is 324 g/mol. The highest BCUT2D eigenvalue weighted by Gasteiger charge is 2.29. The molecule has 7 heteroatoms. The van der Waals surface area contributed by atoms with Gasteiger partial charge in [-0.2, -0.15) is 0 Å². The Morgan fingerprint density at radius 3 is 2.68 bits per heavy atom. The molecule has 0 radical (unpaired) electrons. The summed E-state index contributed by atoms with van der Waals surface area (Å²) in [6.45, 7) is 1.99. The fourth-order valence-corrected chi connectivity index (χ4v) is 3.12. The van der Waals surface area contributed by atoms with Crippen LogP contribution in [0.1, 0.15) is 18.7 Å². The summed E-state index contributed by atoms with van der Waals surface area (Å²) in [6, 6.07) is 9.16. The molecule has 0 aliphatic carbocycles. The van der Waals surface area contributed by atoms with E-state index in [0.29, 0.717) is 34.1 Å². The number of fused-ring (bicyclic) bond motifs is 2. The number of rotatable bonds is 3. The van der Waals surface area contributed by atoms with Crippen molar-refractivity contribution in [3.05, 3.63) is 46.5 Å². The van der Waals surface area contributed by atoms with E-state index in [9.17, 15) is 5.21 Å². The normalized spacial score (nSPS) is 17.8. The number of hydrogen-bond acceptors (Lipinski definition) is 7. The zero-order chi connectivity index (χ0) is 17.6. The number of ether oxygens (including phenoxy) is 4. The Hall–Kier alpha value is -2.93. The molecule has 130 valence electrons. The maximum Gasteiger partial charge on any atom is 0.231 e. The van der Waals surface area contributed by atoms with Crippen LogP contribution in [-0.4, -0.2) is 31.3 Å². The number of hydrogen-bond donors (Lipinski definition) is 1. The van der Waals surface area contributed by atoms with Crippen molar-refractivity contribution in [1.82, 2.24) is 5.06 Å². The van der Waals surface area contributed by atoms with E-state index in [0.717, 1.165) is 15.8 Å². The average Bonchev–Trinajstić information content (AvgIpc) is 3.12. The summed E-state index contributed by atoms with van der Waals surface area (Å²) in [6.07, 6.45) is -0.637. The van der Waals surface area contributed by atoms with E-state index < -0.39 is 6.17 Å². The summed E-state index contributed by atoms with van der Waals surface area (Å²) in [4.78, 5) is 4.69. The number of benzene rings is 2. The van der Waals surface area contributed by atoms with Crippen molar-refractivity contribution in [3.63, 3.8) is 0 Å². The Bertz CT molecular complexity index is 957. The second-order valence-corrected chi connectivity index (χ2v) is 5.74. The summed E-state index contributed by atoms with van der Waals surface area (Å²) in [7, 11) is 3.15. The molecule has 2 aliphatic rings. The summed E-state index contributed by atoms with van der Waals surface area (Å²) >= 11 is 0. The molecule has 2 aliphatic heterocycles. The molecule has 4 rings (SSSR count). The van der Waals surface area contributed by atoms with Crippen molar-refractivity contribution in [2.24, 2.45) is 4.99 Å². The highest BCUT2D eigenvalue weighted by molar-refractivity contribution is 5.53. The Kier molecular flexibility index (Phi) is 3.65. The molecule has 2 aromatic rings. The van der Waals surface area contributed by atoms with Gasteiger partial charge in [0.1, 0.15) is 0 Å². The van der Waals surface area contributed by atoms with Crippen LogP contribution in [0.4, 0.5) is 0 Å². The Labute approximate surface area is 144 Å². The van der Waals surface area contributed by atoms with Crippen LogP contribution in [0.15, 0.2) is 35.3 Å². The SMILES string of the molecule is COc1cc2c(cc1OC)=C(C)N(O)C(c1cccc3c1OCO3)N=2. The van der Waals surface area contributed by atoms with Gasteiger partial charge in [0, 0.05) is 16.8 Å². The first-order valence-electron chi connectivity index (χ1n) is 7.81. The Morgan fingerprint density at radius 2 is 1.92 bits per heavy atom. The quantitative estimate of drug-likeness (QED) is 0.913. The molecule has 0 amide bonds. The molecule has 1 N–H and O–H groups in total. The van der Waals surface area contributed by atoms with Gasteiger partial charge in [-0.1, -0.05) is 12.1 Å². The highest BCUT2D eigenvalue weighted by Crippen LogP contribution is 2.41. The largest absolute Gasteiger partial charge is 0.493 e. The van der Waals surface area contributed by atoms with E-state index >= 15 is 0 Å². The Balaban J connectivity index is 1.92. The van der Waals surface area contributed by atoms with Crippen LogP contribution >= 0.6 is 0 Å². The molecule has 2 heterocycles.